The highest BCUT2D eigenvalue weighted by Gasteiger charge is 2.17. The van der Waals surface area contributed by atoms with Gasteiger partial charge in [-0.2, -0.15) is 0 Å². The van der Waals surface area contributed by atoms with Crippen molar-refractivity contribution in [3.63, 3.8) is 0 Å². The van der Waals surface area contributed by atoms with Gasteiger partial charge in [0.2, 0.25) is 0 Å². The SMILES string of the molecule is c1ccc(-c2ccc(N(c3ccc(-c4ccccc4)cc3)c3ccc4cc(N(c5ccc(-c6ccccc6)cc5)c5ccc(-c6ccccc6)cc5)ccc4c3)cc2)cc1. The van der Waals surface area contributed by atoms with E-state index in [1.807, 2.05) is 0 Å². The van der Waals surface area contributed by atoms with E-state index in [4.69, 9.17) is 0 Å². The molecule has 0 bridgehead atoms. The third kappa shape index (κ3) is 7.58. The average Bonchev–Trinajstić information content (AvgIpc) is 3.34. The number of benzene rings is 10. The fourth-order valence-electron chi connectivity index (χ4n) is 8.13. The maximum atomic E-state index is 2.35. The van der Waals surface area contributed by atoms with Gasteiger partial charge in [-0.15, -0.1) is 0 Å². The van der Waals surface area contributed by atoms with Gasteiger partial charge in [0.25, 0.3) is 0 Å². The van der Waals surface area contributed by atoms with Crippen LogP contribution in [0.5, 0.6) is 0 Å². The molecule has 0 spiro atoms. The van der Waals surface area contributed by atoms with E-state index in [0.29, 0.717) is 0 Å². The summed E-state index contributed by atoms with van der Waals surface area (Å²) in [6.07, 6.45) is 0. The highest BCUT2D eigenvalue weighted by atomic mass is 15.1. The van der Waals surface area contributed by atoms with Crippen molar-refractivity contribution < 1.29 is 0 Å². The van der Waals surface area contributed by atoms with Crippen molar-refractivity contribution in [2.24, 2.45) is 0 Å². The van der Waals surface area contributed by atoms with Gasteiger partial charge in [0, 0.05) is 34.1 Å². The second-order valence-corrected chi connectivity index (χ2v) is 15.0. The molecular formula is C58H42N2. The molecule has 0 fully saturated rings. The van der Waals surface area contributed by atoms with Gasteiger partial charge in [-0.1, -0.05) is 182 Å². The molecule has 10 rings (SSSR count). The molecule has 0 N–H and O–H groups in total. The highest BCUT2D eigenvalue weighted by Crippen LogP contribution is 2.41. The van der Waals surface area contributed by atoms with Crippen LogP contribution in [0.4, 0.5) is 34.1 Å². The van der Waals surface area contributed by atoms with Crippen molar-refractivity contribution in [1.29, 1.82) is 0 Å². The van der Waals surface area contributed by atoms with Crippen molar-refractivity contribution in [3.8, 4) is 44.5 Å². The van der Waals surface area contributed by atoms with Crippen LogP contribution in [0.25, 0.3) is 55.3 Å². The van der Waals surface area contributed by atoms with Gasteiger partial charge in [0.1, 0.15) is 0 Å². The Morgan fingerprint density at radius 2 is 0.367 bits per heavy atom. The van der Waals surface area contributed by atoms with Gasteiger partial charge in [-0.25, -0.2) is 0 Å². The molecule has 2 nitrogen and oxygen atoms in total. The van der Waals surface area contributed by atoms with Crippen LogP contribution in [0.2, 0.25) is 0 Å². The van der Waals surface area contributed by atoms with Gasteiger partial charge in [0.15, 0.2) is 0 Å². The lowest BCUT2D eigenvalue weighted by Gasteiger charge is -2.27. The van der Waals surface area contributed by atoms with Gasteiger partial charge < -0.3 is 9.80 Å². The normalized spacial score (nSPS) is 11.0. The second kappa shape index (κ2) is 16.5. The molecule has 0 heterocycles. The first-order chi connectivity index (χ1) is 29.7. The smallest absolute Gasteiger partial charge is 0.0468 e. The molecule has 0 aliphatic heterocycles. The molecule has 10 aromatic rings. The fraction of sp³-hybridized carbons (Fsp3) is 0. The van der Waals surface area contributed by atoms with Gasteiger partial charge in [-0.3, -0.25) is 0 Å². The van der Waals surface area contributed by atoms with Crippen LogP contribution in [0.1, 0.15) is 0 Å². The Bertz CT molecular complexity index is 2590. The first-order valence-corrected chi connectivity index (χ1v) is 20.5. The van der Waals surface area contributed by atoms with Gasteiger partial charge >= 0.3 is 0 Å². The van der Waals surface area contributed by atoms with E-state index in [1.165, 1.54) is 55.3 Å². The van der Waals surface area contributed by atoms with Crippen LogP contribution in [0, 0.1) is 0 Å². The zero-order valence-electron chi connectivity index (χ0n) is 33.1. The molecule has 0 aliphatic carbocycles. The quantitative estimate of drug-likeness (QED) is 0.137. The maximum Gasteiger partial charge on any atom is 0.0468 e. The topological polar surface area (TPSA) is 6.48 Å². The largest absolute Gasteiger partial charge is 0.310 e. The maximum absolute atomic E-state index is 2.35. The number of fused-ring (bicyclic) bond motifs is 1. The Balaban J connectivity index is 1.03. The lowest BCUT2D eigenvalue weighted by molar-refractivity contribution is 1.28. The zero-order chi connectivity index (χ0) is 40.1. The minimum atomic E-state index is 1.10. The third-order valence-corrected chi connectivity index (χ3v) is 11.3. The summed E-state index contributed by atoms with van der Waals surface area (Å²) >= 11 is 0. The van der Waals surface area contributed by atoms with Crippen molar-refractivity contribution in [2.45, 2.75) is 0 Å². The lowest BCUT2D eigenvalue weighted by atomic mass is 10.0. The van der Waals surface area contributed by atoms with E-state index in [2.05, 4.69) is 265 Å². The minimum absolute atomic E-state index is 1.10. The lowest BCUT2D eigenvalue weighted by Crippen LogP contribution is -2.10. The molecule has 0 aliphatic rings. The van der Waals surface area contributed by atoms with Crippen molar-refractivity contribution in [1.82, 2.24) is 0 Å². The summed E-state index contributed by atoms with van der Waals surface area (Å²) in [5, 5.41) is 2.34. The summed E-state index contributed by atoms with van der Waals surface area (Å²) < 4.78 is 0. The van der Waals surface area contributed by atoms with E-state index in [-0.39, 0.29) is 0 Å². The predicted molar refractivity (Wildman–Crippen MR) is 255 cm³/mol. The number of hydrogen-bond acceptors (Lipinski definition) is 2. The van der Waals surface area contributed by atoms with Gasteiger partial charge in [0.05, 0.1) is 0 Å². The Morgan fingerprint density at radius 1 is 0.167 bits per heavy atom. The summed E-state index contributed by atoms with van der Waals surface area (Å²) in [6.45, 7) is 0. The molecule has 2 heteroatoms. The average molecular weight is 767 g/mol. The Kier molecular flexibility index (Phi) is 10.0. The predicted octanol–water partition coefficient (Wildman–Crippen LogP) is 16.4. The molecule has 10 aromatic carbocycles. The summed E-state index contributed by atoms with van der Waals surface area (Å²) in [5.41, 5.74) is 16.2. The molecular weight excluding hydrogens is 725 g/mol. The fourth-order valence-corrected chi connectivity index (χ4v) is 8.13. The monoisotopic (exact) mass is 766 g/mol. The van der Waals surface area contributed by atoms with Crippen LogP contribution in [-0.4, -0.2) is 0 Å². The summed E-state index contributed by atoms with van der Waals surface area (Å²) in [4.78, 5) is 4.71. The van der Waals surface area contributed by atoms with Gasteiger partial charge in [-0.05, 0) is 128 Å². The molecule has 0 atom stereocenters. The van der Waals surface area contributed by atoms with E-state index < -0.39 is 0 Å². The first-order valence-electron chi connectivity index (χ1n) is 20.5. The standard InChI is InChI=1S/C58H42N2/c1-5-13-43(14-6-1)47-21-31-53(32-22-47)59(54-33-23-48(24-34-54)44-15-7-2-8-16-44)57-39-29-52-42-58(40-30-51(52)41-57)60(55-35-25-49(26-36-55)45-17-9-3-10-18-45)56-37-27-50(28-38-56)46-19-11-4-12-20-46/h1-42H. The molecule has 0 aromatic heterocycles. The highest BCUT2D eigenvalue weighted by molar-refractivity contribution is 5.94. The summed E-state index contributed by atoms with van der Waals surface area (Å²) in [7, 11) is 0. The molecule has 0 unspecified atom stereocenters. The van der Waals surface area contributed by atoms with Crippen LogP contribution < -0.4 is 9.80 Å². The number of anilines is 6. The number of hydrogen-bond donors (Lipinski definition) is 0. The third-order valence-electron chi connectivity index (χ3n) is 11.3. The summed E-state index contributed by atoms with van der Waals surface area (Å²) in [5.74, 6) is 0. The van der Waals surface area contributed by atoms with E-state index in [0.717, 1.165) is 34.1 Å². The zero-order valence-corrected chi connectivity index (χ0v) is 33.1. The minimum Gasteiger partial charge on any atom is -0.310 e. The van der Waals surface area contributed by atoms with Crippen LogP contribution in [0.3, 0.4) is 0 Å². The summed E-state index contributed by atoms with van der Waals surface area (Å²) in [6, 6.07) is 91.4. The molecule has 284 valence electrons. The molecule has 0 amide bonds. The van der Waals surface area contributed by atoms with E-state index >= 15 is 0 Å². The van der Waals surface area contributed by atoms with Crippen LogP contribution >= 0.6 is 0 Å². The van der Waals surface area contributed by atoms with E-state index in [9.17, 15) is 0 Å². The van der Waals surface area contributed by atoms with Crippen molar-refractivity contribution >= 4 is 44.9 Å². The molecule has 0 radical (unpaired) electrons. The molecule has 0 saturated carbocycles. The Labute approximate surface area is 352 Å². The molecule has 60 heavy (non-hydrogen) atoms. The number of nitrogens with zero attached hydrogens (tertiary/aromatic N) is 2. The first kappa shape index (κ1) is 36.4. The number of rotatable bonds is 10. The van der Waals surface area contributed by atoms with Crippen LogP contribution in [0.15, 0.2) is 255 Å². The second-order valence-electron chi connectivity index (χ2n) is 15.0. The van der Waals surface area contributed by atoms with E-state index in [1.54, 1.807) is 0 Å². The van der Waals surface area contributed by atoms with Crippen molar-refractivity contribution in [2.75, 3.05) is 9.80 Å². The Hall–Kier alpha value is -7.94. The van der Waals surface area contributed by atoms with Crippen molar-refractivity contribution in [3.05, 3.63) is 255 Å². The Morgan fingerprint density at radius 3 is 0.600 bits per heavy atom. The molecule has 0 saturated heterocycles. The van der Waals surface area contributed by atoms with Crippen LogP contribution in [-0.2, 0) is 0 Å².